The molecule has 0 saturated heterocycles. The van der Waals surface area contributed by atoms with Crippen molar-refractivity contribution in [2.75, 3.05) is 4.90 Å². The zero-order chi connectivity index (χ0) is 37.2. The van der Waals surface area contributed by atoms with Crippen molar-refractivity contribution in [1.29, 1.82) is 0 Å². The van der Waals surface area contributed by atoms with Crippen LogP contribution in [-0.2, 0) is 10.8 Å². The minimum Gasteiger partial charge on any atom is -0.310 e. The fraction of sp³-hybridized carbons (Fsp3) is 0.170. The Morgan fingerprint density at radius 3 is 1.91 bits per heavy atom. The summed E-state index contributed by atoms with van der Waals surface area (Å²) in [5.41, 5.74) is 14.0. The van der Waals surface area contributed by atoms with E-state index in [4.69, 9.17) is 0 Å². The lowest BCUT2D eigenvalue weighted by Crippen LogP contribution is -2.33. The Labute approximate surface area is 320 Å². The van der Waals surface area contributed by atoms with Crippen LogP contribution in [0.2, 0.25) is 0 Å². The number of hydrogen-bond donors (Lipinski definition) is 0. The third-order valence-corrected chi connectivity index (χ3v) is 12.3. The molecule has 1 heteroatoms. The van der Waals surface area contributed by atoms with Gasteiger partial charge in [-0.15, -0.1) is 0 Å². The van der Waals surface area contributed by atoms with E-state index in [-0.39, 0.29) is 10.8 Å². The Hall–Kier alpha value is -5.92. The van der Waals surface area contributed by atoms with Gasteiger partial charge in [0.05, 0.1) is 5.69 Å². The van der Waals surface area contributed by atoms with Gasteiger partial charge in [0, 0.05) is 16.9 Å². The van der Waals surface area contributed by atoms with Crippen molar-refractivity contribution in [1.82, 2.24) is 0 Å². The summed E-state index contributed by atoms with van der Waals surface area (Å²) in [4.78, 5) is 2.43. The van der Waals surface area contributed by atoms with E-state index >= 15 is 0 Å². The van der Waals surface area contributed by atoms with E-state index in [2.05, 4.69) is 198 Å². The fourth-order valence-corrected chi connectivity index (χ4v) is 9.14. The van der Waals surface area contributed by atoms with Crippen LogP contribution in [0.3, 0.4) is 0 Å². The van der Waals surface area contributed by atoms with Crippen molar-refractivity contribution >= 4 is 55.5 Å². The van der Waals surface area contributed by atoms with Gasteiger partial charge in [-0.25, -0.2) is 0 Å². The molecule has 264 valence electrons. The summed E-state index contributed by atoms with van der Waals surface area (Å²) in [6.45, 7) is 16.1. The standard InChI is InChI=1S/C53H47N/c1-7-41-35(2)42-22-11-12-23-43(42)48-32-37(27-28-45(41)48)36-17-15-21-40(31-36)54(39-19-9-8-10-20-39)51-26-14-13-24-46(51)44-25-16-18-38-33-49-50(34-47(38)44)53(5,6)30-29-52(49,3)4/h7-28,31-34H,1,29-30H2,2-6H3. The van der Waals surface area contributed by atoms with Gasteiger partial charge in [-0.1, -0.05) is 150 Å². The summed E-state index contributed by atoms with van der Waals surface area (Å²) in [5, 5.41) is 7.66. The zero-order valence-electron chi connectivity index (χ0n) is 32.1. The minimum atomic E-state index is 0.128. The molecule has 8 aromatic carbocycles. The molecule has 0 radical (unpaired) electrons. The van der Waals surface area contributed by atoms with Crippen molar-refractivity contribution in [2.24, 2.45) is 0 Å². The molecule has 9 rings (SSSR count). The summed E-state index contributed by atoms with van der Waals surface area (Å²) in [6.07, 6.45) is 4.40. The van der Waals surface area contributed by atoms with Crippen molar-refractivity contribution in [3.05, 3.63) is 180 Å². The molecule has 8 aromatic rings. The van der Waals surface area contributed by atoms with Crippen LogP contribution in [-0.4, -0.2) is 0 Å². The maximum Gasteiger partial charge on any atom is 0.0540 e. The highest BCUT2D eigenvalue weighted by Crippen LogP contribution is 2.49. The highest BCUT2D eigenvalue weighted by atomic mass is 15.1. The van der Waals surface area contributed by atoms with E-state index in [1.165, 1.54) is 89.7 Å². The predicted molar refractivity (Wildman–Crippen MR) is 235 cm³/mol. The van der Waals surface area contributed by atoms with Gasteiger partial charge in [-0.3, -0.25) is 0 Å². The van der Waals surface area contributed by atoms with E-state index < -0.39 is 0 Å². The lowest BCUT2D eigenvalue weighted by atomic mass is 9.62. The van der Waals surface area contributed by atoms with Gasteiger partial charge in [0.25, 0.3) is 0 Å². The molecule has 0 aromatic heterocycles. The smallest absolute Gasteiger partial charge is 0.0540 e. The van der Waals surface area contributed by atoms with E-state index in [0.717, 1.165) is 17.1 Å². The summed E-state index contributed by atoms with van der Waals surface area (Å²) in [7, 11) is 0. The molecule has 1 aliphatic rings. The van der Waals surface area contributed by atoms with Crippen LogP contribution in [0.4, 0.5) is 17.1 Å². The topological polar surface area (TPSA) is 3.24 Å². The minimum absolute atomic E-state index is 0.128. The van der Waals surface area contributed by atoms with E-state index in [1.807, 2.05) is 6.08 Å². The molecule has 0 fully saturated rings. The molecule has 54 heavy (non-hydrogen) atoms. The first-order chi connectivity index (χ1) is 26.1. The summed E-state index contributed by atoms with van der Waals surface area (Å²) in [5.74, 6) is 0. The number of para-hydroxylation sites is 2. The number of benzene rings is 8. The maximum absolute atomic E-state index is 4.19. The van der Waals surface area contributed by atoms with E-state index in [0.29, 0.717) is 0 Å². The molecule has 0 bridgehead atoms. The Morgan fingerprint density at radius 1 is 0.500 bits per heavy atom. The molecule has 0 amide bonds. The van der Waals surface area contributed by atoms with Crippen molar-refractivity contribution in [3.8, 4) is 22.3 Å². The van der Waals surface area contributed by atoms with Crippen molar-refractivity contribution < 1.29 is 0 Å². The molecule has 0 atom stereocenters. The van der Waals surface area contributed by atoms with E-state index in [1.54, 1.807) is 0 Å². The number of hydrogen-bond acceptors (Lipinski definition) is 1. The van der Waals surface area contributed by atoms with Gasteiger partial charge >= 0.3 is 0 Å². The van der Waals surface area contributed by atoms with E-state index in [9.17, 15) is 0 Å². The molecule has 0 N–H and O–H groups in total. The second kappa shape index (κ2) is 12.9. The zero-order valence-corrected chi connectivity index (χ0v) is 32.1. The van der Waals surface area contributed by atoms with Crippen LogP contribution in [0, 0.1) is 6.92 Å². The Morgan fingerprint density at radius 2 is 1.13 bits per heavy atom. The van der Waals surface area contributed by atoms with Crippen LogP contribution in [0.15, 0.2) is 158 Å². The average molecular weight is 698 g/mol. The van der Waals surface area contributed by atoms with Gasteiger partial charge in [0.2, 0.25) is 0 Å². The Kier molecular flexibility index (Phi) is 8.09. The van der Waals surface area contributed by atoms with Crippen molar-refractivity contribution in [3.63, 3.8) is 0 Å². The third kappa shape index (κ3) is 5.53. The molecule has 0 spiro atoms. The fourth-order valence-electron chi connectivity index (χ4n) is 9.14. The van der Waals surface area contributed by atoms with Gasteiger partial charge < -0.3 is 4.90 Å². The molecule has 0 saturated carbocycles. The van der Waals surface area contributed by atoms with Crippen LogP contribution in [0.1, 0.15) is 62.8 Å². The Bertz CT molecular complexity index is 2750. The number of rotatable bonds is 6. The van der Waals surface area contributed by atoms with Gasteiger partial charge in [0.1, 0.15) is 0 Å². The monoisotopic (exact) mass is 697 g/mol. The van der Waals surface area contributed by atoms with Crippen molar-refractivity contribution in [2.45, 2.75) is 58.3 Å². The summed E-state index contributed by atoms with van der Waals surface area (Å²) >= 11 is 0. The van der Waals surface area contributed by atoms with Gasteiger partial charge in [-0.2, -0.15) is 0 Å². The molecule has 1 nitrogen and oxygen atoms in total. The first-order valence-electron chi connectivity index (χ1n) is 19.3. The number of nitrogens with zero attached hydrogens (tertiary/aromatic N) is 1. The largest absolute Gasteiger partial charge is 0.310 e. The third-order valence-electron chi connectivity index (χ3n) is 12.3. The van der Waals surface area contributed by atoms with Gasteiger partial charge in [0.15, 0.2) is 0 Å². The predicted octanol–water partition coefficient (Wildman–Crippen LogP) is 15.3. The SMILES string of the molecule is C=Cc1c(C)c2ccccc2c2cc(-c3cccc(N(c4ccccc4)c4ccccc4-c4cccc5cc6c(cc45)C(C)(C)CCC6(C)C)c3)ccc12. The second-order valence-electron chi connectivity index (χ2n) is 16.5. The highest BCUT2D eigenvalue weighted by molar-refractivity contribution is 6.13. The first-order valence-corrected chi connectivity index (χ1v) is 19.3. The normalized spacial score (nSPS) is 14.6. The number of anilines is 3. The number of aryl methyl sites for hydroxylation is 1. The molecule has 0 heterocycles. The molecule has 1 aliphatic carbocycles. The van der Waals surface area contributed by atoms with Crippen LogP contribution < -0.4 is 4.90 Å². The maximum atomic E-state index is 4.19. The van der Waals surface area contributed by atoms with Crippen LogP contribution in [0.25, 0.3) is 60.6 Å². The molecular formula is C53H47N. The van der Waals surface area contributed by atoms with Crippen LogP contribution in [0.5, 0.6) is 0 Å². The van der Waals surface area contributed by atoms with Gasteiger partial charge in [-0.05, 0) is 144 Å². The lowest BCUT2D eigenvalue weighted by molar-refractivity contribution is 0.332. The molecular weight excluding hydrogens is 651 g/mol. The average Bonchev–Trinajstić information content (AvgIpc) is 3.20. The highest BCUT2D eigenvalue weighted by Gasteiger charge is 2.37. The molecule has 0 aliphatic heterocycles. The summed E-state index contributed by atoms with van der Waals surface area (Å²) in [6, 6.07) is 56.3. The van der Waals surface area contributed by atoms with Crippen LogP contribution >= 0.6 is 0 Å². The second-order valence-corrected chi connectivity index (χ2v) is 16.5. The quantitative estimate of drug-likeness (QED) is 0.156. The lowest BCUT2D eigenvalue weighted by Gasteiger charge is -2.42. The first kappa shape index (κ1) is 33.9. The molecule has 0 unspecified atom stereocenters. The summed E-state index contributed by atoms with van der Waals surface area (Å²) < 4.78 is 0. The number of fused-ring (bicyclic) bond motifs is 5. The Balaban J connectivity index is 1.23.